The summed E-state index contributed by atoms with van der Waals surface area (Å²) >= 11 is 1.62. The van der Waals surface area contributed by atoms with Crippen molar-refractivity contribution in [1.29, 1.82) is 0 Å². The number of hydrogen-bond acceptors (Lipinski definition) is 5. The molecular weight excluding hydrogens is 270 g/mol. The van der Waals surface area contributed by atoms with Crippen LogP contribution < -0.4 is 0 Å². The summed E-state index contributed by atoms with van der Waals surface area (Å²) in [6, 6.07) is 0.0967. The van der Waals surface area contributed by atoms with Crippen molar-refractivity contribution >= 4 is 17.1 Å². The van der Waals surface area contributed by atoms with Crippen molar-refractivity contribution in [2.75, 3.05) is 32.7 Å². The Bertz CT molecular complexity index is 497. The van der Waals surface area contributed by atoms with Crippen LogP contribution >= 0.6 is 11.3 Å². The van der Waals surface area contributed by atoms with Gasteiger partial charge < -0.3 is 0 Å². The van der Waals surface area contributed by atoms with Gasteiger partial charge in [-0.05, 0) is 0 Å². The Balaban J connectivity index is 1.66. The molecule has 3 fully saturated rings. The molecule has 0 aliphatic carbocycles. The molecule has 0 saturated carbocycles. The molecule has 1 aromatic rings. The number of nitrogens with zero attached hydrogens (tertiary/aromatic N) is 3. The second kappa shape index (κ2) is 5.20. The molecular formula is C15H23N3OS. The molecule has 4 heterocycles. The van der Waals surface area contributed by atoms with Crippen LogP contribution in [0.3, 0.4) is 0 Å². The van der Waals surface area contributed by atoms with Crippen LogP contribution in [0.5, 0.6) is 0 Å². The van der Waals surface area contributed by atoms with E-state index in [-0.39, 0.29) is 11.5 Å². The van der Waals surface area contributed by atoms with E-state index in [1.807, 2.05) is 0 Å². The zero-order chi connectivity index (χ0) is 14.3. The van der Waals surface area contributed by atoms with Crippen LogP contribution in [0, 0.1) is 0 Å². The van der Waals surface area contributed by atoms with Gasteiger partial charge in [-0.1, -0.05) is 20.8 Å². The maximum absolute atomic E-state index is 12.5. The second-order valence-electron chi connectivity index (χ2n) is 6.87. The molecule has 4 rings (SSSR count). The molecule has 0 amide bonds. The number of carbonyl (C=O) groups excluding carboxylic acids is 1. The lowest BCUT2D eigenvalue weighted by Crippen LogP contribution is -2.63. The SMILES string of the molecule is CC(C)(C)c1csc(CC(=O)C2CN3CCN2CC3)n1. The van der Waals surface area contributed by atoms with Gasteiger partial charge in [0.1, 0.15) is 5.01 Å². The van der Waals surface area contributed by atoms with Crippen LogP contribution in [0.25, 0.3) is 0 Å². The van der Waals surface area contributed by atoms with E-state index in [0.29, 0.717) is 12.2 Å². The first kappa shape index (κ1) is 14.2. The summed E-state index contributed by atoms with van der Waals surface area (Å²) in [6.45, 7) is 11.7. The molecule has 3 aliphatic heterocycles. The van der Waals surface area contributed by atoms with Gasteiger partial charge in [0.2, 0.25) is 0 Å². The molecule has 0 radical (unpaired) electrons. The number of carbonyl (C=O) groups is 1. The van der Waals surface area contributed by atoms with Gasteiger partial charge in [0, 0.05) is 43.5 Å². The number of Topliss-reactive ketones (excluding diaryl/α,β-unsaturated/α-hetero) is 1. The third-order valence-electron chi connectivity index (χ3n) is 4.30. The number of fused-ring (bicyclic) bond motifs is 3. The van der Waals surface area contributed by atoms with Crippen LogP contribution in [-0.2, 0) is 16.6 Å². The standard InChI is InChI=1S/C15H23N3OS/c1-15(2,3)13-10-20-14(16-13)8-12(19)11-9-17-4-6-18(11)7-5-17/h10-11H,4-9H2,1-3H3. The fraction of sp³-hybridized carbons (Fsp3) is 0.733. The second-order valence-corrected chi connectivity index (χ2v) is 7.81. The number of ketones is 1. The van der Waals surface area contributed by atoms with E-state index in [1.54, 1.807) is 11.3 Å². The molecule has 1 aromatic heterocycles. The molecule has 3 saturated heterocycles. The van der Waals surface area contributed by atoms with E-state index in [4.69, 9.17) is 0 Å². The molecule has 5 heteroatoms. The Morgan fingerprint density at radius 2 is 2.05 bits per heavy atom. The van der Waals surface area contributed by atoms with E-state index in [0.717, 1.165) is 43.4 Å². The normalized spacial score (nSPS) is 29.6. The molecule has 0 aromatic carbocycles. The summed E-state index contributed by atoms with van der Waals surface area (Å²) in [6.07, 6.45) is 0.496. The first-order chi connectivity index (χ1) is 9.43. The molecule has 3 aliphatic rings. The zero-order valence-electron chi connectivity index (χ0n) is 12.6. The third kappa shape index (κ3) is 2.80. The van der Waals surface area contributed by atoms with Gasteiger partial charge in [0.05, 0.1) is 18.2 Å². The van der Waals surface area contributed by atoms with Gasteiger partial charge in [-0.2, -0.15) is 0 Å². The van der Waals surface area contributed by atoms with Crippen molar-refractivity contribution in [3.8, 4) is 0 Å². The third-order valence-corrected chi connectivity index (χ3v) is 5.14. The largest absolute Gasteiger partial charge is 0.299 e. The summed E-state index contributed by atoms with van der Waals surface area (Å²) in [5.41, 5.74) is 1.16. The monoisotopic (exact) mass is 293 g/mol. The molecule has 110 valence electrons. The minimum absolute atomic E-state index is 0.0664. The number of hydrogen-bond donors (Lipinski definition) is 0. The number of aromatic nitrogens is 1. The van der Waals surface area contributed by atoms with Gasteiger partial charge in [0.15, 0.2) is 5.78 Å². The average molecular weight is 293 g/mol. The van der Waals surface area contributed by atoms with Crippen LogP contribution in [0.4, 0.5) is 0 Å². The summed E-state index contributed by atoms with van der Waals surface area (Å²) in [5, 5.41) is 3.07. The van der Waals surface area contributed by atoms with E-state index in [9.17, 15) is 4.79 Å². The van der Waals surface area contributed by atoms with Gasteiger partial charge in [-0.15, -0.1) is 11.3 Å². The lowest BCUT2D eigenvalue weighted by molar-refractivity contribution is -0.128. The predicted octanol–water partition coefficient (Wildman–Crippen LogP) is 1.55. The first-order valence-electron chi connectivity index (χ1n) is 7.37. The highest BCUT2D eigenvalue weighted by atomic mass is 32.1. The molecule has 2 bridgehead atoms. The fourth-order valence-corrected chi connectivity index (χ4v) is 3.96. The van der Waals surface area contributed by atoms with Crippen molar-refractivity contribution in [3.63, 3.8) is 0 Å². The van der Waals surface area contributed by atoms with Gasteiger partial charge in [-0.25, -0.2) is 4.98 Å². The Kier molecular flexibility index (Phi) is 3.69. The van der Waals surface area contributed by atoms with Gasteiger partial charge >= 0.3 is 0 Å². The lowest BCUT2D eigenvalue weighted by atomic mass is 9.93. The summed E-state index contributed by atoms with van der Waals surface area (Å²) < 4.78 is 0. The highest BCUT2D eigenvalue weighted by molar-refractivity contribution is 7.09. The number of piperazine rings is 3. The van der Waals surface area contributed by atoms with Gasteiger partial charge in [-0.3, -0.25) is 14.6 Å². The minimum Gasteiger partial charge on any atom is -0.299 e. The molecule has 1 atom stereocenters. The number of thiazole rings is 1. The Morgan fingerprint density at radius 3 is 2.55 bits per heavy atom. The number of rotatable bonds is 3. The maximum atomic E-state index is 12.5. The Hall–Kier alpha value is -0.780. The van der Waals surface area contributed by atoms with E-state index < -0.39 is 0 Å². The topological polar surface area (TPSA) is 36.4 Å². The lowest BCUT2D eigenvalue weighted by Gasteiger charge is -2.46. The molecule has 20 heavy (non-hydrogen) atoms. The summed E-state index contributed by atoms with van der Waals surface area (Å²) in [4.78, 5) is 21.9. The van der Waals surface area contributed by atoms with Crippen LogP contribution in [0.1, 0.15) is 31.5 Å². The quantitative estimate of drug-likeness (QED) is 0.847. The highest BCUT2D eigenvalue weighted by Crippen LogP contribution is 2.25. The average Bonchev–Trinajstić information content (AvgIpc) is 2.88. The minimum atomic E-state index is 0.0664. The Labute approximate surface area is 124 Å². The fourth-order valence-electron chi connectivity index (χ4n) is 2.93. The van der Waals surface area contributed by atoms with E-state index in [2.05, 4.69) is 40.9 Å². The molecule has 0 N–H and O–H groups in total. The van der Waals surface area contributed by atoms with Gasteiger partial charge in [0.25, 0.3) is 0 Å². The smallest absolute Gasteiger partial charge is 0.158 e. The van der Waals surface area contributed by atoms with Crippen LogP contribution in [-0.4, -0.2) is 59.3 Å². The van der Waals surface area contributed by atoms with E-state index >= 15 is 0 Å². The molecule has 1 unspecified atom stereocenters. The molecule has 4 nitrogen and oxygen atoms in total. The first-order valence-corrected chi connectivity index (χ1v) is 8.25. The highest BCUT2D eigenvalue weighted by Gasteiger charge is 2.36. The summed E-state index contributed by atoms with van der Waals surface area (Å²) in [7, 11) is 0. The van der Waals surface area contributed by atoms with Crippen LogP contribution in [0.15, 0.2) is 5.38 Å². The van der Waals surface area contributed by atoms with Crippen molar-refractivity contribution in [2.45, 2.75) is 38.6 Å². The maximum Gasteiger partial charge on any atom is 0.158 e. The summed E-state index contributed by atoms with van der Waals surface area (Å²) in [5.74, 6) is 0.337. The van der Waals surface area contributed by atoms with Crippen molar-refractivity contribution < 1.29 is 4.79 Å². The Morgan fingerprint density at radius 1 is 1.35 bits per heavy atom. The van der Waals surface area contributed by atoms with Crippen molar-refractivity contribution in [3.05, 3.63) is 16.1 Å². The van der Waals surface area contributed by atoms with Crippen LogP contribution in [0.2, 0.25) is 0 Å². The van der Waals surface area contributed by atoms with E-state index in [1.165, 1.54) is 0 Å². The van der Waals surface area contributed by atoms with Crippen molar-refractivity contribution in [1.82, 2.24) is 14.8 Å². The zero-order valence-corrected chi connectivity index (χ0v) is 13.4. The van der Waals surface area contributed by atoms with Crippen molar-refractivity contribution in [2.24, 2.45) is 0 Å². The predicted molar refractivity (Wildman–Crippen MR) is 81.3 cm³/mol. The molecule has 0 spiro atoms.